The average Bonchev–Trinajstić information content (AvgIpc) is 3.34. The molecule has 0 amide bonds. The van der Waals surface area contributed by atoms with Gasteiger partial charge in [-0.25, -0.2) is 0 Å². The lowest BCUT2D eigenvalue weighted by Gasteiger charge is -2.36. The molecule has 6 nitrogen and oxygen atoms in total. The van der Waals surface area contributed by atoms with Gasteiger partial charge in [0.05, 0.1) is 18.6 Å². The van der Waals surface area contributed by atoms with Crippen molar-refractivity contribution in [3.8, 4) is 0 Å². The second-order valence-corrected chi connectivity index (χ2v) is 10.7. The monoisotopic (exact) mass is 450 g/mol. The number of fused-ring (bicyclic) bond motifs is 1. The van der Waals surface area contributed by atoms with E-state index >= 15 is 0 Å². The van der Waals surface area contributed by atoms with Crippen LogP contribution < -0.4 is 0 Å². The number of ether oxygens (including phenoxy) is 5. The molecule has 0 aromatic rings. The second kappa shape index (κ2) is 11.2. The molecule has 0 spiro atoms. The van der Waals surface area contributed by atoms with Crippen molar-refractivity contribution in [2.24, 2.45) is 17.8 Å². The van der Waals surface area contributed by atoms with Gasteiger partial charge in [-0.2, -0.15) is 0 Å². The Hall–Kier alpha value is -0.690. The van der Waals surface area contributed by atoms with Gasteiger partial charge in [0.15, 0.2) is 12.6 Å². The summed E-state index contributed by atoms with van der Waals surface area (Å²) in [4.78, 5) is 12.0. The normalized spacial score (nSPS) is 39.6. The molecule has 32 heavy (non-hydrogen) atoms. The summed E-state index contributed by atoms with van der Waals surface area (Å²) in [5, 5.41) is 0. The van der Waals surface area contributed by atoms with Gasteiger partial charge in [-0.15, -0.1) is 0 Å². The van der Waals surface area contributed by atoms with E-state index in [4.69, 9.17) is 23.7 Å². The Morgan fingerprint density at radius 1 is 0.875 bits per heavy atom. The van der Waals surface area contributed by atoms with Crippen LogP contribution in [0.1, 0.15) is 96.3 Å². The van der Waals surface area contributed by atoms with Gasteiger partial charge in [0.2, 0.25) is 0 Å². The van der Waals surface area contributed by atoms with E-state index in [1.165, 1.54) is 44.9 Å². The molecule has 6 heteroatoms. The summed E-state index contributed by atoms with van der Waals surface area (Å²) in [5.41, 5.74) is 0. The van der Waals surface area contributed by atoms with Gasteiger partial charge in [0.25, 0.3) is 0 Å². The first-order valence-electron chi connectivity index (χ1n) is 13.5. The minimum Gasteiger partial charge on any atom is -0.462 e. The third kappa shape index (κ3) is 5.68. The molecule has 0 bridgehead atoms. The molecule has 5 rings (SSSR count). The van der Waals surface area contributed by atoms with Crippen LogP contribution in [0.25, 0.3) is 0 Å². The number of hydrogen-bond donors (Lipinski definition) is 0. The first-order chi connectivity index (χ1) is 15.8. The highest BCUT2D eigenvalue weighted by Gasteiger charge is 2.51. The van der Waals surface area contributed by atoms with Crippen molar-refractivity contribution in [2.75, 3.05) is 13.2 Å². The van der Waals surface area contributed by atoms with Crippen LogP contribution in [0, 0.1) is 17.8 Å². The van der Waals surface area contributed by atoms with Crippen LogP contribution in [0.5, 0.6) is 0 Å². The summed E-state index contributed by atoms with van der Waals surface area (Å²) in [6.07, 6.45) is 16.9. The Bertz CT molecular complexity index is 593. The smallest absolute Gasteiger partial charge is 0.306 e. The average molecular weight is 451 g/mol. The fourth-order valence-electron chi connectivity index (χ4n) is 6.82. The van der Waals surface area contributed by atoms with Gasteiger partial charge in [-0.3, -0.25) is 4.79 Å². The highest BCUT2D eigenvalue weighted by molar-refractivity contribution is 5.72. The lowest BCUT2D eigenvalue weighted by atomic mass is 9.80. The minimum absolute atomic E-state index is 0.0248. The quantitative estimate of drug-likeness (QED) is 0.478. The maximum Gasteiger partial charge on any atom is 0.306 e. The third-order valence-electron chi connectivity index (χ3n) is 8.54. The third-order valence-corrected chi connectivity index (χ3v) is 8.54. The molecular weight excluding hydrogens is 408 g/mol. The number of carbonyl (C=O) groups excluding carboxylic acids is 1. The fourth-order valence-corrected chi connectivity index (χ4v) is 6.82. The fraction of sp³-hybridized carbons (Fsp3) is 0.962. The van der Waals surface area contributed by atoms with E-state index in [-0.39, 0.29) is 42.8 Å². The summed E-state index contributed by atoms with van der Waals surface area (Å²) in [6.45, 7) is 1.62. The molecule has 0 radical (unpaired) electrons. The molecule has 3 aliphatic heterocycles. The van der Waals surface area contributed by atoms with Crippen LogP contribution in [0.4, 0.5) is 0 Å². The SMILES string of the molecule is O=C1CC2C(CC[C@H](OC3CCCCO3)C3CCCCC3)C(OC3CCCCO3)C[C@@H]2O1. The van der Waals surface area contributed by atoms with Gasteiger partial charge in [-0.05, 0) is 76.0 Å². The zero-order valence-corrected chi connectivity index (χ0v) is 19.6. The second-order valence-electron chi connectivity index (χ2n) is 10.7. The lowest BCUT2D eigenvalue weighted by Crippen LogP contribution is -2.35. The zero-order chi connectivity index (χ0) is 21.8. The van der Waals surface area contributed by atoms with Gasteiger partial charge in [0, 0.05) is 25.6 Å². The Balaban J connectivity index is 1.23. The van der Waals surface area contributed by atoms with Crippen molar-refractivity contribution < 1.29 is 28.5 Å². The molecule has 0 aromatic heterocycles. The van der Waals surface area contributed by atoms with Crippen LogP contribution in [0.2, 0.25) is 0 Å². The molecule has 5 aliphatic rings. The summed E-state index contributed by atoms with van der Waals surface area (Å²) in [6, 6.07) is 0. The number of rotatable bonds is 8. The highest BCUT2D eigenvalue weighted by Crippen LogP contribution is 2.46. The van der Waals surface area contributed by atoms with Crippen molar-refractivity contribution in [3.05, 3.63) is 0 Å². The molecule has 0 aromatic carbocycles. The van der Waals surface area contributed by atoms with E-state index < -0.39 is 0 Å². The molecule has 3 heterocycles. The molecular formula is C26H42O6. The first kappa shape index (κ1) is 23.1. The molecule has 3 saturated heterocycles. The summed E-state index contributed by atoms with van der Waals surface area (Å²) in [5.74, 6) is 1.23. The Kier molecular flexibility index (Phi) is 8.04. The number of hydrogen-bond acceptors (Lipinski definition) is 6. The van der Waals surface area contributed by atoms with Crippen LogP contribution >= 0.6 is 0 Å². The van der Waals surface area contributed by atoms with E-state index in [2.05, 4.69) is 0 Å². The largest absolute Gasteiger partial charge is 0.462 e. The Labute approximate surface area is 193 Å². The predicted octanol–water partition coefficient (Wildman–Crippen LogP) is 5.12. The van der Waals surface area contributed by atoms with Crippen LogP contribution in [0.3, 0.4) is 0 Å². The minimum atomic E-state index is -0.0909. The van der Waals surface area contributed by atoms with Gasteiger partial charge in [0.1, 0.15) is 6.10 Å². The molecule has 182 valence electrons. The summed E-state index contributed by atoms with van der Waals surface area (Å²) in [7, 11) is 0. The van der Waals surface area contributed by atoms with Crippen molar-refractivity contribution in [3.63, 3.8) is 0 Å². The molecule has 7 atom stereocenters. The molecule has 0 N–H and O–H groups in total. The van der Waals surface area contributed by atoms with Crippen LogP contribution in [-0.2, 0) is 28.5 Å². The number of esters is 1. The molecule has 5 unspecified atom stereocenters. The summed E-state index contributed by atoms with van der Waals surface area (Å²) < 4.78 is 30.6. The van der Waals surface area contributed by atoms with Crippen LogP contribution in [0.15, 0.2) is 0 Å². The van der Waals surface area contributed by atoms with E-state index in [0.717, 1.165) is 58.2 Å². The maximum absolute atomic E-state index is 12.0. The van der Waals surface area contributed by atoms with Crippen molar-refractivity contribution in [1.82, 2.24) is 0 Å². The predicted molar refractivity (Wildman–Crippen MR) is 119 cm³/mol. The van der Waals surface area contributed by atoms with Gasteiger partial charge >= 0.3 is 5.97 Å². The van der Waals surface area contributed by atoms with Crippen molar-refractivity contribution in [1.29, 1.82) is 0 Å². The van der Waals surface area contributed by atoms with E-state index in [1.807, 2.05) is 0 Å². The first-order valence-corrected chi connectivity index (χ1v) is 13.5. The summed E-state index contributed by atoms with van der Waals surface area (Å²) >= 11 is 0. The van der Waals surface area contributed by atoms with Crippen LogP contribution in [-0.4, -0.2) is 50.1 Å². The topological polar surface area (TPSA) is 63.2 Å². The zero-order valence-electron chi connectivity index (χ0n) is 19.6. The standard InChI is InChI=1S/C26H42O6/c27-24-16-20-19(22(17-23(20)30-24)32-26-11-5-7-15-29-26)12-13-21(18-8-2-1-3-9-18)31-25-10-4-6-14-28-25/h18-23,25-26H,1-17H2/t19?,20?,21-,22?,23-,25?,26?/m0/s1. The maximum atomic E-state index is 12.0. The van der Waals surface area contributed by atoms with E-state index in [1.54, 1.807) is 0 Å². The molecule has 2 saturated carbocycles. The van der Waals surface area contributed by atoms with E-state index in [0.29, 0.717) is 18.3 Å². The molecule has 5 fully saturated rings. The van der Waals surface area contributed by atoms with Crippen molar-refractivity contribution in [2.45, 2.75) is 127 Å². The van der Waals surface area contributed by atoms with Gasteiger partial charge in [-0.1, -0.05) is 19.3 Å². The van der Waals surface area contributed by atoms with Crippen molar-refractivity contribution >= 4 is 5.97 Å². The molecule has 2 aliphatic carbocycles. The Morgan fingerprint density at radius 2 is 1.59 bits per heavy atom. The van der Waals surface area contributed by atoms with E-state index in [9.17, 15) is 4.79 Å². The Morgan fingerprint density at radius 3 is 2.31 bits per heavy atom. The highest BCUT2D eigenvalue weighted by atomic mass is 16.7. The number of carbonyl (C=O) groups is 1. The lowest BCUT2D eigenvalue weighted by molar-refractivity contribution is -0.207. The van der Waals surface area contributed by atoms with Gasteiger partial charge < -0.3 is 23.7 Å².